The van der Waals surface area contributed by atoms with Crippen molar-refractivity contribution in [1.29, 1.82) is 0 Å². The smallest absolute Gasteiger partial charge is 0.0175 e. The fourth-order valence-corrected chi connectivity index (χ4v) is 1.25. The summed E-state index contributed by atoms with van der Waals surface area (Å²) in [6, 6.07) is 0.683. The van der Waals surface area contributed by atoms with Crippen molar-refractivity contribution in [3.63, 3.8) is 0 Å². The first kappa shape index (κ1) is 12.0. The lowest BCUT2D eigenvalue weighted by atomic mass is 9.88. The zero-order valence-corrected chi connectivity index (χ0v) is 9.81. The van der Waals surface area contributed by atoms with Crippen molar-refractivity contribution in [2.75, 3.05) is 7.05 Å². The molecule has 0 rings (SSSR count). The number of hydrogen-bond donors (Lipinski definition) is 0. The maximum absolute atomic E-state index is 2.48. The van der Waals surface area contributed by atoms with Crippen molar-refractivity contribution in [3.05, 3.63) is 0 Å². The first-order valence-corrected chi connectivity index (χ1v) is 5.07. The zero-order chi connectivity index (χ0) is 9.94. The van der Waals surface area contributed by atoms with E-state index in [1.165, 1.54) is 6.42 Å². The Hall–Kier alpha value is -0.0400. The highest BCUT2D eigenvalue weighted by molar-refractivity contribution is 4.84. The Labute approximate surface area is 78.1 Å². The maximum atomic E-state index is 2.48. The fourth-order valence-electron chi connectivity index (χ4n) is 1.25. The number of nitrogens with zero attached hydrogens (tertiary/aromatic N) is 1. The lowest BCUT2D eigenvalue weighted by molar-refractivity contribution is 0.0667. The number of rotatable bonds is 4. The Bertz CT molecular complexity index is 127. The van der Waals surface area contributed by atoms with Crippen molar-refractivity contribution < 1.29 is 0 Å². The Morgan fingerprint density at radius 2 is 1.58 bits per heavy atom. The zero-order valence-electron chi connectivity index (χ0n) is 9.81. The molecule has 0 aliphatic rings. The molecule has 12 heavy (non-hydrogen) atoms. The SMILES string of the molecule is CC[C@H](C)N(C)C(C)(C)C(C)C. The molecular weight excluding hydrogens is 146 g/mol. The Morgan fingerprint density at radius 1 is 1.17 bits per heavy atom. The molecule has 0 amide bonds. The molecule has 0 aromatic heterocycles. The van der Waals surface area contributed by atoms with Gasteiger partial charge in [0.05, 0.1) is 0 Å². The quantitative estimate of drug-likeness (QED) is 0.628. The van der Waals surface area contributed by atoms with Gasteiger partial charge in [-0.2, -0.15) is 0 Å². The standard InChI is InChI=1S/C11H25N/c1-8-10(4)12(7)11(5,6)9(2)3/h9-10H,8H2,1-7H3/t10-/m0/s1. The molecule has 0 aromatic rings. The molecule has 0 bridgehead atoms. The molecule has 0 saturated carbocycles. The van der Waals surface area contributed by atoms with Gasteiger partial charge in [-0.3, -0.25) is 4.90 Å². The van der Waals surface area contributed by atoms with Crippen LogP contribution >= 0.6 is 0 Å². The summed E-state index contributed by atoms with van der Waals surface area (Å²) in [5.74, 6) is 0.705. The van der Waals surface area contributed by atoms with E-state index < -0.39 is 0 Å². The van der Waals surface area contributed by atoms with Crippen LogP contribution < -0.4 is 0 Å². The van der Waals surface area contributed by atoms with Gasteiger partial charge in [0.2, 0.25) is 0 Å². The van der Waals surface area contributed by atoms with Gasteiger partial charge in [0, 0.05) is 11.6 Å². The Morgan fingerprint density at radius 3 is 1.83 bits per heavy atom. The molecule has 0 aliphatic carbocycles. The third-order valence-corrected chi connectivity index (χ3v) is 3.57. The van der Waals surface area contributed by atoms with E-state index in [0.29, 0.717) is 17.5 Å². The van der Waals surface area contributed by atoms with Crippen LogP contribution in [0, 0.1) is 5.92 Å². The molecule has 1 atom stereocenters. The lowest BCUT2D eigenvalue weighted by Crippen LogP contribution is -2.49. The molecule has 0 unspecified atom stereocenters. The highest BCUT2D eigenvalue weighted by Gasteiger charge is 2.29. The van der Waals surface area contributed by atoms with Gasteiger partial charge >= 0.3 is 0 Å². The van der Waals surface area contributed by atoms with E-state index in [0.717, 1.165) is 0 Å². The van der Waals surface area contributed by atoms with E-state index in [2.05, 4.69) is 53.5 Å². The summed E-state index contributed by atoms with van der Waals surface area (Å²) < 4.78 is 0. The molecule has 0 heterocycles. The lowest BCUT2D eigenvalue weighted by Gasteiger charge is -2.42. The predicted molar refractivity (Wildman–Crippen MR) is 56.4 cm³/mol. The second-order valence-electron chi connectivity index (χ2n) is 4.68. The fraction of sp³-hybridized carbons (Fsp3) is 1.00. The second kappa shape index (κ2) is 4.27. The van der Waals surface area contributed by atoms with Crippen molar-refractivity contribution >= 4 is 0 Å². The highest BCUT2D eigenvalue weighted by atomic mass is 15.2. The van der Waals surface area contributed by atoms with Gasteiger partial charge in [0.15, 0.2) is 0 Å². The summed E-state index contributed by atoms with van der Waals surface area (Å²) >= 11 is 0. The molecule has 0 saturated heterocycles. The molecule has 0 aliphatic heterocycles. The van der Waals surface area contributed by atoms with Gasteiger partial charge in [0.1, 0.15) is 0 Å². The molecule has 0 aromatic carbocycles. The maximum Gasteiger partial charge on any atom is 0.0175 e. The van der Waals surface area contributed by atoms with E-state index in [1.807, 2.05) is 0 Å². The normalized spacial score (nSPS) is 15.8. The first-order valence-electron chi connectivity index (χ1n) is 5.07. The van der Waals surface area contributed by atoms with Crippen LogP contribution in [0.1, 0.15) is 48.0 Å². The van der Waals surface area contributed by atoms with Crippen LogP contribution in [0.3, 0.4) is 0 Å². The molecule has 0 radical (unpaired) electrons. The second-order valence-corrected chi connectivity index (χ2v) is 4.68. The summed E-state index contributed by atoms with van der Waals surface area (Å²) in [5, 5.41) is 0. The predicted octanol–water partition coefficient (Wildman–Crippen LogP) is 3.15. The van der Waals surface area contributed by atoms with E-state index in [9.17, 15) is 0 Å². The van der Waals surface area contributed by atoms with Crippen LogP contribution in [0.15, 0.2) is 0 Å². The summed E-state index contributed by atoms with van der Waals surface area (Å²) in [5.41, 5.74) is 0.315. The molecule has 0 spiro atoms. The molecule has 1 heteroatoms. The number of hydrogen-bond acceptors (Lipinski definition) is 1. The van der Waals surface area contributed by atoms with Gasteiger partial charge in [-0.1, -0.05) is 20.8 Å². The highest BCUT2D eigenvalue weighted by Crippen LogP contribution is 2.25. The van der Waals surface area contributed by atoms with Crippen LogP contribution in [0.5, 0.6) is 0 Å². The van der Waals surface area contributed by atoms with Crippen molar-refractivity contribution in [2.45, 2.75) is 59.5 Å². The molecule has 74 valence electrons. The largest absolute Gasteiger partial charge is 0.298 e. The van der Waals surface area contributed by atoms with E-state index in [-0.39, 0.29) is 0 Å². The molecule has 0 fully saturated rings. The summed E-state index contributed by atoms with van der Waals surface area (Å²) in [6.07, 6.45) is 1.23. The summed E-state index contributed by atoms with van der Waals surface area (Å²) in [7, 11) is 2.23. The average molecular weight is 171 g/mol. The third kappa shape index (κ3) is 2.48. The van der Waals surface area contributed by atoms with Gasteiger partial charge in [0.25, 0.3) is 0 Å². The summed E-state index contributed by atoms with van der Waals surface area (Å²) in [6.45, 7) is 13.8. The third-order valence-electron chi connectivity index (χ3n) is 3.57. The topological polar surface area (TPSA) is 3.24 Å². The van der Waals surface area contributed by atoms with E-state index in [4.69, 9.17) is 0 Å². The first-order chi connectivity index (χ1) is 5.34. The van der Waals surface area contributed by atoms with Gasteiger partial charge in [-0.25, -0.2) is 0 Å². The monoisotopic (exact) mass is 171 g/mol. The van der Waals surface area contributed by atoms with Crippen LogP contribution in [-0.4, -0.2) is 23.5 Å². The van der Waals surface area contributed by atoms with Gasteiger partial charge in [-0.15, -0.1) is 0 Å². The molecule has 0 N–H and O–H groups in total. The average Bonchev–Trinajstić information content (AvgIpc) is 2.01. The minimum Gasteiger partial charge on any atom is -0.298 e. The van der Waals surface area contributed by atoms with Crippen molar-refractivity contribution in [1.82, 2.24) is 4.90 Å². The van der Waals surface area contributed by atoms with Crippen molar-refractivity contribution in [2.24, 2.45) is 5.92 Å². The molecular formula is C11H25N. The van der Waals surface area contributed by atoms with E-state index >= 15 is 0 Å². The van der Waals surface area contributed by atoms with Gasteiger partial charge in [-0.05, 0) is 40.2 Å². The van der Waals surface area contributed by atoms with Crippen molar-refractivity contribution in [3.8, 4) is 0 Å². The summed E-state index contributed by atoms with van der Waals surface area (Å²) in [4.78, 5) is 2.48. The minimum absolute atomic E-state index is 0.315. The van der Waals surface area contributed by atoms with E-state index in [1.54, 1.807) is 0 Å². The molecule has 1 nitrogen and oxygen atoms in total. The van der Waals surface area contributed by atoms with Crippen LogP contribution in [0.25, 0.3) is 0 Å². The van der Waals surface area contributed by atoms with Crippen LogP contribution in [0.4, 0.5) is 0 Å². The Kier molecular flexibility index (Phi) is 4.25. The van der Waals surface area contributed by atoms with Crippen LogP contribution in [-0.2, 0) is 0 Å². The minimum atomic E-state index is 0.315. The van der Waals surface area contributed by atoms with Gasteiger partial charge < -0.3 is 0 Å². The Balaban J connectivity index is 4.34. The van der Waals surface area contributed by atoms with Crippen LogP contribution in [0.2, 0.25) is 0 Å².